The lowest BCUT2D eigenvalue weighted by atomic mass is 10.3. The van der Waals surface area contributed by atoms with Crippen LogP contribution in [0.2, 0.25) is 0 Å². The van der Waals surface area contributed by atoms with Crippen LogP contribution in [0, 0.1) is 0 Å². The zero-order valence-electron chi connectivity index (χ0n) is 10.2. The summed E-state index contributed by atoms with van der Waals surface area (Å²) in [5.41, 5.74) is 0.551. The Bertz CT molecular complexity index is 519. The van der Waals surface area contributed by atoms with Crippen molar-refractivity contribution in [2.75, 3.05) is 23.7 Å². The van der Waals surface area contributed by atoms with Crippen molar-refractivity contribution in [2.45, 2.75) is 24.0 Å². The van der Waals surface area contributed by atoms with Crippen molar-refractivity contribution < 1.29 is 18.6 Å². The number of hydrogen-bond acceptors (Lipinski definition) is 5. The Kier molecular flexibility index (Phi) is 3.61. The van der Waals surface area contributed by atoms with E-state index in [1.54, 1.807) is 36.1 Å². The summed E-state index contributed by atoms with van der Waals surface area (Å²) >= 11 is 0. The fourth-order valence-electron chi connectivity index (χ4n) is 2.10. The number of benzene rings is 1. The number of para-hydroxylation sites is 1. The SMILES string of the molecule is CCS(=O)(=O)c1ccccc1N1CC(O)C(O)C1. The van der Waals surface area contributed by atoms with E-state index in [1.165, 1.54) is 0 Å². The molecule has 0 aromatic heterocycles. The summed E-state index contributed by atoms with van der Waals surface area (Å²) in [6, 6.07) is 6.69. The zero-order valence-corrected chi connectivity index (χ0v) is 11.0. The van der Waals surface area contributed by atoms with Crippen molar-refractivity contribution in [3.05, 3.63) is 24.3 Å². The van der Waals surface area contributed by atoms with Gasteiger partial charge < -0.3 is 15.1 Å². The minimum atomic E-state index is -3.31. The van der Waals surface area contributed by atoms with Crippen LogP contribution in [-0.4, -0.2) is 49.7 Å². The van der Waals surface area contributed by atoms with Gasteiger partial charge in [-0.1, -0.05) is 19.1 Å². The Balaban J connectivity index is 2.41. The number of aliphatic hydroxyl groups is 2. The molecule has 100 valence electrons. The molecule has 2 atom stereocenters. The molecule has 1 saturated heterocycles. The van der Waals surface area contributed by atoms with Crippen molar-refractivity contribution in [3.8, 4) is 0 Å². The Morgan fingerprint density at radius 3 is 2.33 bits per heavy atom. The highest BCUT2D eigenvalue weighted by molar-refractivity contribution is 7.91. The van der Waals surface area contributed by atoms with Gasteiger partial charge in [0.15, 0.2) is 9.84 Å². The van der Waals surface area contributed by atoms with Crippen LogP contribution in [0.1, 0.15) is 6.92 Å². The van der Waals surface area contributed by atoms with Gasteiger partial charge in [-0.15, -0.1) is 0 Å². The molecule has 1 aromatic carbocycles. The predicted octanol–water partition coefficient (Wildman–Crippen LogP) is 0.0220. The second-order valence-electron chi connectivity index (χ2n) is 4.41. The monoisotopic (exact) mass is 271 g/mol. The summed E-state index contributed by atoms with van der Waals surface area (Å²) in [5.74, 6) is 0.0307. The van der Waals surface area contributed by atoms with Crippen molar-refractivity contribution in [1.29, 1.82) is 0 Å². The first kappa shape index (κ1) is 13.3. The summed E-state index contributed by atoms with van der Waals surface area (Å²) in [5, 5.41) is 19.1. The molecule has 1 fully saturated rings. The third-order valence-corrected chi connectivity index (χ3v) is 4.96. The van der Waals surface area contributed by atoms with Gasteiger partial charge in [0.25, 0.3) is 0 Å². The fraction of sp³-hybridized carbons (Fsp3) is 0.500. The van der Waals surface area contributed by atoms with E-state index < -0.39 is 22.0 Å². The lowest BCUT2D eigenvalue weighted by Crippen LogP contribution is -2.23. The lowest BCUT2D eigenvalue weighted by molar-refractivity contribution is 0.0572. The molecule has 0 bridgehead atoms. The number of sulfone groups is 1. The van der Waals surface area contributed by atoms with E-state index in [1.807, 2.05) is 0 Å². The van der Waals surface area contributed by atoms with Crippen LogP contribution in [0.4, 0.5) is 5.69 Å². The molecule has 1 aliphatic rings. The average molecular weight is 271 g/mol. The van der Waals surface area contributed by atoms with Gasteiger partial charge >= 0.3 is 0 Å². The average Bonchev–Trinajstić information content (AvgIpc) is 2.69. The molecule has 2 unspecified atom stereocenters. The van der Waals surface area contributed by atoms with E-state index in [2.05, 4.69) is 0 Å². The van der Waals surface area contributed by atoms with Crippen LogP contribution in [0.25, 0.3) is 0 Å². The van der Waals surface area contributed by atoms with E-state index >= 15 is 0 Å². The molecule has 18 heavy (non-hydrogen) atoms. The maximum atomic E-state index is 12.0. The van der Waals surface area contributed by atoms with Gasteiger partial charge in [-0.2, -0.15) is 0 Å². The van der Waals surface area contributed by atoms with Crippen molar-refractivity contribution >= 4 is 15.5 Å². The molecule has 0 amide bonds. The molecule has 1 heterocycles. The predicted molar refractivity (Wildman–Crippen MR) is 68.4 cm³/mol. The van der Waals surface area contributed by atoms with Gasteiger partial charge in [0.1, 0.15) is 0 Å². The van der Waals surface area contributed by atoms with E-state index in [0.717, 1.165) is 0 Å². The van der Waals surface area contributed by atoms with E-state index in [0.29, 0.717) is 5.69 Å². The van der Waals surface area contributed by atoms with Crippen LogP contribution in [-0.2, 0) is 9.84 Å². The quantitative estimate of drug-likeness (QED) is 0.810. The second-order valence-corrected chi connectivity index (χ2v) is 6.66. The standard InChI is InChI=1S/C12H17NO4S/c1-2-18(16,17)12-6-4-3-5-9(12)13-7-10(14)11(15)8-13/h3-6,10-11,14-15H,2,7-8H2,1H3. The molecular weight excluding hydrogens is 254 g/mol. The Labute approximate surface area is 107 Å². The van der Waals surface area contributed by atoms with Crippen LogP contribution in [0.3, 0.4) is 0 Å². The van der Waals surface area contributed by atoms with E-state index in [-0.39, 0.29) is 23.7 Å². The van der Waals surface area contributed by atoms with E-state index in [9.17, 15) is 18.6 Å². The van der Waals surface area contributed by atoms with E-state index in [4.69, 9.17) is 0 Å². The Morgan fingerprint density at radius 2 is 1.78 bits per heavy atom. The minimum Gasteiger partial charge on any atom is -0.389 e. The lowest BCUT2D eigenvalue weighted by Gasteiger charge is -2.20. The summed E-state index contributed by atoms with van der Waals surface area (Å²) < 4.78 is 24.0. The highest BCUT2D eigenvalue weighted by atomic mass is 32.2. The maximum absolute atomic E-state index is 12.0. The maximum Gasteiger partial charge on any atom is 0.180 e. The Hall–Kier alpha value is -1.11. The zero-order chi connectivity index (χ0) is 13.3. The van der Waals surface area contributed by atoms with Crippen molar-refractivity contribution in [2.24, 2.45) is 0 Å². The smallest absolute Gasteiger partial charge is 0.180 e. The molecular formula is C12H17NO4S. The fourth-order valence-corrected chi connectivity index (χ4v) is 3.22. The van der Waals surface area contributed by atoms with Crippen LogP contribution < -0.4 is 4.90 Å². The largest absolute Gasteiger partial charge is 0.389 e. The number of anilines is 1. The molecule has 0 aliphatic carbocycles. The molecule has 0 radical (unpaired) electrons. The third kappa shape index (κ3) is 2.36. The van der Waals surface area contributed by atoms with Gasteiger partial charge in [0.05, 0.1) is 28.5 Å². The van der Waals surface area contributed by atoms with Gasteiger partial charge in [0, 0.05) is 13.1 Å². The molecule has 6 heteroatoms. The molecule has 1 aliphatic heterocycles. The molecule has 0 saturated carbocycles. The van der Waals surface area contributed by atoms with Crippen LogP contribution >= 0.6 is 0 Å². The second kappa shape index (κ2) is 4.87. The summed E-state index contributed by atoms with van der Waals surface area (Å²) in [6.45, 7) is 2.09. The molecule has 2 rings (SSSR count). The summed E-state index contributed by atoms with van der Waals surface area (Å²) in [7, 11) is -3.31. The van der Waals surface area contributed by atoms with Crippen molar-refractivity contribution in [1.82, 2.24) is 0 Å². The topological polar surface area (TPSA) is 77.8 Å². The van der Waals surface area contributed by atoms with Crippen LogP contribution in [0.15, 0.2) is 29.2 Å². The first-order chi connectivity index (χ1) is 8.45. The first-order valence-corrected chi connectivity index (χ1v) is 7.54. The van der Waals surface area contributed by atoms with Crippen LogP contribution in [0.5, 0.6) is 0 Å². The van der Waals surface area contributed by atoms with Gasteiger partial charge in [-0.3, -0.25) is 0 Å². The minimum absolute atomic E-state index is 0.0307. The molecule has 0 spiro atoms. The third-order valence-electron chi connectivity index (χ3n) is 3.18. The molecule has 1 aromatic rings. The Morgan fingerprint density at radius 1 is 1.22 bits per heavy atom. The first-order valence-electron chi connectivity index (χ1n) is 5.88. The number of rotatable bonds is 3. The summed E-state index contributed by atoms with van der Waals surface area (Å²) in [6.07, 6.45) is -1.66. The summed E-state index contributed by atoms with van der Waals surface area (Å²) in [4.78, 5) is 1.96. The number of aliphatic hydroxyl groups excluding tert-OH is 2. The number of β-amino-alcohol motifs (C(OH)–C–C–N with tert-alkyl or cyclic N) is 2. The van der Waals surface area contributed by atoms with Gasteiger partial charge in [-0.05, 0) is 12.1 Å². The number of hydrogen-bond donors (Lipinski definition) is 2. The molecule has 5 nitrogen and oxygen atoms in total. The van der Waals surface area contributed by atoms with Gasteiger partial charge in [-0.25, -0.2) is 8.42 Å². The highest BCUT2D eigenvalue weighted by Gasteiger charge is 2.32. The van der Waals surface area contributed by atoms with Gasteiger partial charge in [0.2, 0.25) is 0 Å². The van der Waals surface area contributed by atoms with Crippen molar-refractivity contribution in [3.63, 3.8) is 0 Å². The normalized spacial score (nSPS) is 24.5. The molecule has 2 N–H and O–H groups in total. The highest BCUT2D eigenvalue weighted by Crippen LogP contribution is 2.28. The number of nitrogens with zero attached hydrogens (tertiary/aromatic N) is 1.